The van der Waals surface area contributed by atoms with E-state index in [9.17, 15) is 32.3 Å². The molecule has 3 saturated carbocycles. The zero-order valence-corrected chi connectivity index (χ0v) is 20.3. The van der Waals surface area contributed by atoms with Gasteiger partial charge >= 0.3 is 6.18 Å². The number of ether oxygens (including phenoxy) is 2. The fraction of sp³-hybridized carbons (Fsp3) is 0.440. The summed E-state index contributed by atoms with van der Waals surface area (Å²) in [6.07, 6.45) is -3.73. The van der Waals surface area contributed by atoms with Crippen LogP contribution in [0, 0.1) is 5.82 Å². The van der Waals surface area contributed by atoms with Crippen molar-refractivity contribution in [3.8, 4) is 11.5 Å². The van der Waals surface area contributed by atoms with E-state index in [0.29, 0.717) is 48.6 Å². The lowest BCUT2D eigenvalue weighted by Gasteiger charge is -2.56. The van der Waals surface area contributed by atoms with Crippen molar-refractivity contribution in [1.29, 1.82) is 0 Å². The van der Waals surface area contributed by atoms with E-state index in [0.717, 1.165) is 6.07 Å². The lowest BCUT2D eigenvalue weighted by atomic mass is 9.60. The molecule has 1 atom stereocenters. The average molecular weight is 545 g/mol. The fourth-order valence-corrected chi connectivity index (χ4v) is 5.08. The smallest absolute Gasteiger partial charge is 0.419 e. The summed E-state index contributed by atoms with van der Waals surface area (Å²) >= 11 is 5.83. The van der Waals surface area contributed by atoms with E-state index in [4.69, 9.17) is 21.1 Å². The number of benzene rings is 2. The molecule has 2 bridgehead atoms. The summed E-state index contributed by atoms with van der Waals surface area (Å²) in [5, 5.41) is 17.1. The molecule has 5 rings (SSSR count). The van der Waals surface area contributed by atoms with Gasteiger partial charge in [-0.25, -0.2) is 4.39 Å². The molecular formula is C25H25ClF4N2O5. The number of halogens is 5. The highest BCUT2D eigenvalue weighted by Gasteiger charge is 2.55. The van der Waals surface area contributed by atoms with Gasteiger partial charge < -0.3 is 25.2 Å². The molecule has 37 heavy (non-hydrogen) atoms. The lowest BCUT2D eigenvalue weighted by molar-refractivity contribution is -0.140. The van der Waals surface area contributed by atoms with Crippen LogP contribution >= 0.6 is 11.6 Å². The maximum absolute atomic E-state index is 13.7. The molecule has 3 N–H and O–H groups in total. The second-order valence-corrected chi connectivity index (χ2v) is 9.86. The van der Waals surface area contributed by atoms with E-state index in [2.05, 4.69) is 10.6 Å². The van der Waals surface area contributed by atoms with Crippen LogP contribution in [0.15, 0.2) is 42.5 Å². The highest BCUT2D eigenvalue weighted by atomic mass is 35.5. The molecule has 2 aromatic carbocycles. The molecule has 12 heteroatoms. The van der Waals surface area contributed by atoms with Crippen LogP contribution in [0.3, 0.4) is 0 Å². The Morgan fingerprint density at radius 3 is 2.08 bits per heavy atom. The number of carbonyl (C=O) groups excluding carboxylic acids is 2. The molecule has 0 aliphatic heterocycles. The summed E-state index contributed by atoms with van der Waals surface area (Å²) in [7, 11) is 0. The molecule has 0 spiro atoms. The van der Waals surface area contributed by atoms with Crippen LogP contribution < -0.4 is 20.1 Å². The van der Waals surface area contributed by atoms with Crippen LogP contribution in [0.2, 0.25) is 5.02 Å². The molecule has 200 valence electrons. The first-order valence-electron chi connectivity index (χ1n) is 11.6. The van der Waals surface area contributed by atoms with Crippen molar-refractivity contribution in [3.63, 3.8) is 0 Å². The van der Waals surface area contributed by atoms with Crippen LogP contribution in [0.4, 0.5) is 17.6 Å². The Labute approximate surface area is 215 Å². The van der Waals surface area contributed by atoms with E-state index in [1.165, 1.54) is 0 Å². The maximum Gasteiger partial charge on any atom is 0.419 e. The van der Waals surface area contributed by atoms with Gasteiger partial charge in [-0.1, -0.05) is 11.6 Å². The Morgan fingerprint density at radius 1 is 0.946 bits per heavy atom. The maximum atomic E-state index is 13.7. The fourth-order valence-electron chi connectivity index (χ4n) is 4.95. The molecule has 0 radical (unpaired) electrons. The first kappa shape index (κ1) is 27.0. The molecular weight excluding hydrogens is 520 g/mol. The third-order valence-corrected chi connectivity index (χ3v) is 7.17. The number of aliphatic hydroxyl groups excluding tert-OH is 1. The Balaban J connectivity index is 1.27. The van der Waals surface area contributed by atoms with Crippen LogP contribution in [-0.4, -0.2) is 47.3 Å². The van der Waals surface area contributed by atoms with E-state index in [1.54, 1.807) is 24.3 Å². The van der Waals surface area contributed by atoms with Crippen molar-refractivity contribution >= 4 is 23.4 Å². The van der Waals surface area contributed by atoms with Gasteiger partial charge in [0.2, 0.25) is 0 Å². The van der Waals surface area contributed by atoms with Crippen molar-refractivity contribution in [2.24, 2.45) is 0 Å². The molecule has 0 saturated heterocycles. The van der Waals surface area contributed by atoms with Crippen molar-refractivity contribution in [2.45, 2.75) is 55.5 Å². The van der Waals surface area contributed by atoms with Gasteiger partial charge in [0.15, 0.2) is 13.2 Å². The van der Waals surface area contributed by atoms with Gasteiger partial charge in [0.25, 0.3) is 11.8 Å². The van der Waals surface area contributed by atoms with Crippen molar-refractivity contribution in [2.75, 3.05) is 13.2 Å². The molecule has 3 aliphatic rings. The summed E-state index contributed by atoms with van der Waals surface area (Å²) in [6, 6.07) is 8.63. The summed E-state index contributed by atoms with van der Waals surface area (Å²) in [5.41, 5.74) is -2.97. The Bertz CT molecular complexity index is 1150. The monoisotopic (exact) mass is 544 g/mol. The zero-order valence-electron chi connectivity index (χ0n) is 19.5. The summed E-state index contributed by atoms with van der Waals surface area (Å²) in [5.74, 6) is -2.18. The average Bonchev–Trinajstić information content (AvgIpc) is 2.83. The third kappa shape index (κ3) is 6.27. The van der Waals surface area contributed by atoms with Gasteiger partial charge in [0.1, 0.15) is 17.3 Å². The minimum atomic E-state index is -4.84. The van der Waals surface area contributed by atoms with E-state index in [1.807, 2.05) is 0 Å². The minimum Gasteiger partial charge on any atom is -0.484 e. The Morgan fingerprint density at radius 2 is 1.51 bits per heavy atom. The van der Waals surface area contributed by atoms with Crippen molar-refractivity contribution < 1.29 is 41.7 Å². The molecule has 7 nitrogen and oxygen atoms in total. The highest BCUT2D eigenvalue weighted by molar-refractivity contribution is 6.30. The van der Waals surface area contributed by atoms with Gasteiger partial charge in [0.05, 0.1) is 17.2 Å². The topological polar surface area (TPSA) is 96.9 Å². The number of rotatable bonds is 8. The summed E-state index contributed by atoms with van der Waals surface area (Å²) in [6.45, 7) is -0.771. The van der Waals surface area contributed by atoms with Gasteiger partial charge in [-0.05, 0) is 68.5 Å². The molecule has 0 aromatic heterocycles. The van der Waals surface area contributed by atoms with Gasteiger partial charge in [0, 0.05) is 16.6 Å². The quantitative estimate of drug-likeness (QED) is 0.437. The molecule has 3 fully saturated rings. The molecule has 3 aliphatic carbocycles. The number of fused-ring (bicyclic) bond motifs is 3. The second kappa shape index (κ2) is 10.4. The van der Waals surface area contributed by atoms with E-state index in [-0.39, 0.29) is 24.7 Å². The van der Waals surface area contributed by atoms with Gasteiger partial charge in [-0.2, -0.15) is 13.2 Å². The number of hydrogen-bond acceptors (Lipinski definition) is 5. The molecule has 2 amide bonds. The van der Waals surface area contributed by atoms with Gasteiger partial charge in [-0.3, -0.25) is 9.59 Å². The third-order valence-electron chi connectivity index (χ3n) is 6.91. The van der Waals surface area contributed by atoms with Crippen molar-refractivity contribution in [3.05, 3.63) is 58.9 Å². The zero-order chi connectivity index (χ0) is 26.8. The lowest BCUT2D eigenvalue weighted by Crippen LogP contribution is -2.70. The Kier molecular flexibility index (Phi) is 7.57. The van der Waals surface area contributed by atoms with E-state index >= 15 is 0 Å². The van der Waals surface area contributed by atoms with Crippen LogP contribution in [0.1, 0.15) is 37.7 Å². The summed E-state index contributed by atoms with van der Waals surface area (Å²) in [4.78, 5) is 25.0. The highest BCUT2D eigenvalue weighted by Crippen LogP contribution is 2.47. The van der Waals surface area contributed by atoms with Crippen LogP contribution in [0.25, 0.3) is 0 Å². The number of hydrogen-bond donors (Lipinski definition) is 3. The summed E-state index contributed by atoms with van der Waals surface area (Å²) < 4.78 is 62.4. The largest absolute Gasteiger partial charge is 0.484 e. The minimum absolute atomic E-state index is 0.205. The first-order chi connectivity index (χ1) is 17.4. The molecule has 2 aromatic rings. The standard InChI is InChI=1S/C25H25ClF4N2O5/c26-15-1-3-16(4-2-15)36-13-21(34)31-23-7-9-24(10-8-23,20(33)12-23)32-22(35)14-37-17-5-6-18(19(27)11-17)25(28,29)30/h1-6,11,20,33H,7-10,12-14H2,(H,31,34)(H,32,35)/t20-,23?,24?/m0/s1. The van der Waals surface area contributed by atoms with Crippen LogP contribution in [0.5, 0.6) is 11.5 Å². The normalized spacial score (nSPS) is 24.9. The number of nitrogens with one attached hydrogen (secondary N) is 2. The number of aliphatic hydroxyl groups is 1. The number of amides is 2. The van der Waals surface area contributed by atoms with E-state index < -0.39 is 47.3 Å². The molecule has 0 unspecified atom stereocenters. The number of alkyl halides is 3. The van der Waals surface area contributed by atoms with Crippen molar-refractivity contribution in [1.82, 2.24) is 10.6 Å². The SMILES string of the molecule is O=C(COc1ccc(Cl)cc1)NC12CCC(NC(=O)COc3ccc(C(F)(F)F)c(F)c3)(CC1)[C@@H](O)C2. The van der Waals surface area contributed by atoms with Gasteiger partial charge in [-0.15, -0.1) is 0 Å². The number of carbonyl (C=O) groups is 2. The second-order valence-electron chi connectivity index (χ2n) is 9.42. The Hall–Kier alpha value is -3.05. The molecule has 0 heterocycles. The predicted molar refractivity (Wildman–Crippen MR) is 125 cm³/mol. The van der Waals surface area contributed by atoms with Crippen LogP contribution in [-0.2, 0) is 15.8 Å². The first-order valence-corrected chi connectivity index (χ1v) is 12.0. The predicted octanol–water partition coefficient (Wildman–Crippen LogP) is 4.00.